The molecule has 5 nitrogen and oxygen atoms in total. The summed E-state index contributed by atoms with van der Waals surface area (Å²) in [5.74, 6) is 0.852. The Morgan fingerprint density at radius 2 is 2.28 bits per heavy atom. The highest BCUT2D eigenvalue weighted by Crippen LogP contribution is 2.33. The van der Waals surface area contributed by atoms with Crippen molar-refractivity contribution in [1.29, 1.82) is 0 Å². The summed E-state index contributed by atoms with van der Waals surface area (Å²) >= 11 is 0. The number of hydrogen-bond donors (Lipinski definition) is 1. The van der Waals surface area contributed by atoms with Crippen LogP contribution in [0.5, 0.6) is 0 Å². The highest BCUT2D eigenvalue weighted by atomic mass is 16.5. The summed E-state index contributed by atoms with van der Waals surface area (Å²) < 4.78 is 7.42. The molecular weight excluding hydrogens is 228 g/mol. The van der Waals surface area contributed by atoms with Gasteiger partial charge in [-0.3, -0.25) is 0 Å². The zero-order valence-electron chi connectivity index (χ0n) is 11.3. The standard InChI is InChI=1S/C13H24N4O/c1-2-18-9-3-8-17-13(10-11-4-5-11)12(6-7-14)15-16-17/h11H,2-10,14H2,1H3. The predicted molar refractivity (Wildman–Crippen MR) is 70.3 cm³/mol. The van der Waals surface area contributed by atoms with Crippen LogP contribution < -0.4 is 5.73 Å². The van der Waals surface area contributed by atoms with Gasteiger partial charge in [0.15, 0.2) is 0 Å². The van der Waals surface area contributed by atoms with Gasteiger partial charge in [-0.2, -0.15) is 0 Å². The van der Waals surface area contributed by atoms with Crippen molar-refractivity contribution in [2.24, 2.45) is 11.7 Å². The van der Waals surface area contributed by atoms with Crippen LogP contribution in [0.3, 0.4) is 0 Å². The van der Waals surface area contributed by atoms with Gasteiger partial charge in [-0.05, 0) is 45.1 Å². The molecule has 0 unspecified atom stereocenters. The molecule has 1 aliphatic carbocycles. The smallest absolute Gasteiger partial charge is 0.0871 e. The Bertz CT molecular complexity index is 360. The lowest BCUT2D eigenvalue weighted by atomic mass is 10.1. The molecule has 1 heterocycles. The molecular formula is C13H24N4O. The van der Waals surface area contributed by atoms with Crippen molar-refractivity contribution in [2.75, 3.05) is 19.8 Å². The number of ether oxygens (including phenoxy) is 1. The SMILES string of the molecule is CCOCCCn1nnc(CCN)c1CC1CC1. The third-order valence-corrected chi connectivity index (χ3v) is 3.34. The van der Waals surface area contributed by atoms with Crippen LogP contribution in [0.25, 0.3) is 0 Å². The van der Waals surface area contributed by atoms with E-state index in [0.717, 1.165) is 50.6 Å². The number of hydrogen-bond acceptors (Lipinski definition) is 4. The van der Waals surface area contributed by atoms with Gasteiger partial charge in [0.25, 0.3) is 0 Å². The lowest BCUT2D eigenvalue weighted by Crippen LogP contribution is -2.11. The molecule has 0 aromatic carbocycles. The summed E-state index contributed by atoms with van der Waals surface area (Å²) in [6, 6.07) is 0. The van der Waals surface area contributed by atoms with E-state index in [1.54, 1.807) is 0 Å². The minimum absolute atomic E-state index is 0.648. The quantitative estimate of drug-likeness (QED) is 0.670. The van der Waals surface area contributed by atoms with Crippen molar-refractivity contribution in [3.8, 4) is 0 Å². The first kappa shape index (κ1) is 13.5. The lowest BCUT2D eigenvalue weighted by Gasteiger charge is -2.07. The van der Waals surface area contributed by atoms with Gasteiger partial charge in [0.05, 0.1) is 11.4 Å². The number of aromatic nitrogens is 3. The molecule has 5 heteroatoms. The fraction of sp³-hybridized carbons (Fsp3) is 0.846. The molecule has 0 aliphatic heterocycles. The van der Waals surface area contributed by atoms with E-state index in [1.807, 2.05) is 6.92 Å². The largest absolute Gasteiger partial charge is 0.382 e. The maximum atomic E-state index is 5.63. The van der Waals surface area contributed by atoms with Crippen molar-refractivity contribution in [1.82, 2.24) is 15.0 Å². The van der Waals surface area contributed by atoms with Gasteiger partial charge in [-0.25, -0.2) is 4.68 Å². The van der Waals surface area contributed by atoms with E-state index in [-0.39, 0.29) is 0 Å². The molecule has 1 aromatic heterocycles. The zero-order valence-corrected chi connectivity index (χ0v) is 11.3. The molecule has 1 saturated carbocycles. The van der Waals surface area contributed by atoms with E-state index in [1.165, 1.54) is 18.5 Å². The van der Waals surface area contributed by atoms with Crippen molar-refractivity contribution in [2.45, 2.75) is 45.6 Å². The van der Waals surface area contributed by atoms with Crippen LogP contribution in [0.4, 0.5) is 0 Å². The number of rotatable bonds is 9. The molecule has 0 bridgehead atoms. The molecule has 0 radical (unpaired) electrons. The van der Waals surface area contributed by atoms with Gasteiger partial charge in [0, 0.05) is 26.2 Å². The lowest BCUT2D eigenvalue weighted by molar-refractivity contribution is 0.140. The average molecular weight is 252 g/mol. The second-order valence-electron chi connectivity index (χ2n) is 4.94. The van der Waals surface area contributed by atoms with Crippen molar-refractivity contribution < 1.29 is 4.74 Å². The van der Waals surface area contributed by atoms with Crippen LogP contribution in [0.15, 0.2) is 0 Å². The Morgan fingerprint density at radius 3 is 2.94 bits per heavy atom. The van der Waals surface area contributed by atoms with E-state index >= 15 is 0 Å². The second-order valence-corrected chi connectivity index (χ2v) is 4.94. The molecule has 0 saturated heterocycles. The fourth-order valence-corrected chi connectivity index (χ4v) is 2.16. The third kappa shape index (κ3) is 3.78. The molecule has 1 aliphatic rings. The van der Waals surface area contributed by atoms with Crippen molar-refractivity contribution in [3.63, 3.8) is 0 Å². The topological polar surface area (TPSA) is 66.0 Å². The summed E-state index contributed by atoms with van der Waals surface area (Å²) in [6.45, 7) is 5.15. The Balaban J connectivity index is 1.93. The first-order valence-corrected chi connectivity index (χ1v) is 7.04. The van der Waals surface area contributed by atoms with Crippen LogP contribution >= 0.6 is 0 Å². The fourth-order valence-electron chi connectivity index (χ4n) is 2.16. The summed E-state index contributed by atoms with van der Waals surface area (Å²) in [6.07, 6.45) is 5.67. The predicted octanol–water partition coefficient (Wildman–Crippen LogP) is 1.16. The third-order valence-electron chi connectivity index (χ3n) is 3.34. The summed E-state index contributed by atoms with van der Waals surface area (Å²) in [5, 5.41) is 8.55. The van der Waals surface area contributed by atoms with Gasteiger partial charge in [0.1, 0.15) is 0 Å². The van der Waals surface area contributed by atoms with E-state index in [0.29, 0.717) is 6.54 Å². The molecule has 0 atom stereocenters. The monoisotopic (exact) mass is 252 g/mol. The normalized spacial score (nSPS) is 15.2. The molecule has 1 aromatic rings. The number of aryl methyl sites for hydroxylation is 1. The zero-order chi connectivity index (χ0) is 12.8. The first-order chi connectivity index (χ1) is 8.85. The van der Waals surface area contributed by atoms with E-state index in [4.69, 9.17) is 10.5 Å². The van der Waals surface area contributed by atoms with Gasteiger partial charge in [-0.1, -0.05) is 5.21 Å². The second kappa shape index (κ2) is 6.85. The van der Waals surface area contributed by atoms with Crippen LogP contribution in [0.1, 0.15) is 37.6 Å². The van der Waals surface area contributed by atoms with E-state index in [2.05, 4.69) is 15.0 Å². The summed E-state index contributed by atoms with van der Waals surface area (Å²) in [7, 11) is 0. The minimum Gasteiger partial charge on any atom is -0.382 e. The molecule has 102 valence electrons. The number of nitrogens with two attached hydrogens (primary N) is 1. The molecule has 0 spiro atoms. The Hall–Kier alpha value is -0.940. The van der Waals surface area contributed by atoms with Crippen LogP contribution in [0, 0.1) is 5.92 Å². The van der Waals surface area contributed by atoms with Crippen LogP contribution in [-0.4, -0.2) is 34.8 Å². The average Bonchev–Trinajstić information content (AvgIpc) is 3.11. The van der Waals surface area contributed by atoms with E-state index in [9.17, 15) is 0 Å². The van der Waals surface area contributed by atoms with Gasteiger partial charge < -0.3 is 10.5 Å². The van der Waals surface area contributed by atoms with Gasteiger partial charge in [0.2, 0.25) is 0 Å². The van der Waals surface area contributed by atoms with Crippen molar-refractivity contribution >= 4 is 0 Å². The van der Waals surface area contributed by atoms with Gasteiger partial charge >= 0.3 is 0 Å². The van der Waals surface area contributed by atoms with Gasteiger partial charge in [-0.15, -0.1) is 5.10 Å². The maximum absolute atomic E-state index is 5.63. The Morgan fingerprint density at radius 1 is 1.44 bits per heavy atom. The maximum Gasteiger partial charge on any atom is 0.0871 e. The summed E-state index contributed by atoms with van der Waals surface area (Å²) in [5.41, 5.74) is 8.03. The molecule has 2 N–H and O–H groups in total. The Labute approximate surface area is 109 Å². The first-order valence-electron chi connectivity index (χ1n) is 7.04. The molecule has 2 rings (SSSR count). The van der Waals surface area contributed by atoms with E-state index < -0.39 is 0 Å². The van der Waals surface area contributed by atoms with Crippen LogP contribution in [-0.2, 0) is 24.1 Å². The Kier molecular flexibility index (Phi) is 5.13. The van der Waals surface area contributed by atoms with Crippen LogP contribution in [0.2, 0.25) is 0 Å². The highest BCUT2D eigenvalue weighted by molar-refractivity contribution is 5.13. The van der Waals surface area contributed by atoms with Crippen molar-refractivity contribution in [3.05, 3.63) is 11.4 Å². The highest BCUT2D eigenvalue weighted by Gasteiger charge is 2.25. The molecule has 0 amide bonds. The summed E-state index contributed by atoms with van der Waals surface area (Å²) in [4.78, 5) is 0. The molecule has 1 fully saturated rings. The molecule has 18 heavy (non-hydrogen) atoms. The minimum atomic E-state index is 0.648. The number of nitrogens with zero attached hydrogens (tertiary/aromatic N) is 3.